The molecule has 1 heterocycles. The van der Waals surface area contributed by atoms with Crippen LogP contribution in [0.15, 0.2) is 47.8 Å². The van der Waals surface area contributed by atoms with Crippen molar-refractivity contribution in [2.24, 2.45) is 10.9 Å². The van der Waals surface area contributed by atoms with E-state index in [9.17, 15) is 0 Å². The maximum atomic E-state index is 8.84. The van der Waals surface area contributed by atoms with Crippen molar-refractivity contribution in [1.29, 1.82) is 0 Å². The van der Waals surface area contributed by atoms with Crippen molar-refractivity contribution in [2.45, 2.75) is 6.92 Å². The SMILES string of the molecule is Cc1cc(N(C)c2ccccc2/C(N)=N/O)ccn1. The summed E-state index contributed by atoms with van der Waals surface area (Å²) in [6.45, 7) is 1.94. The van der Waals surface area contributed by atoms with E-state index >= 15 is 0 Å². The maximum absolute atomic E-state index is 8.84. The van der Waals surface area contributed by atoms with Crippen molar-refractivity contribution in [3.8, 4) is 0 Å². The lowest BCUT2D eigenvalue weighted by molar-refractivity contribution is 0.318. The largest absolute Gasteiger partial charge is 0.409 e. The molecule has 0 aliphatic heterocycles. The van der Waals surface area contributed by atoms with Crippen LogP contribution in [0.5, 0.6) is 0 Å². The van der Waals surface area contributed by atoms with Crippen LogP contribution < -0.4 is 10.6 Å². The Bertz CT molecular complexity index is 610. The number of aryl methyl sites for hydroxylation is 1. The topological polar surface area (TPSA) is 74.7 Å². The molecule has 0 radical (unpaired) electrons. The minimum absolute atomic E-state index is 0.0910. The van der Waals surface area contributed by atoms with Crippen LogP contribution in [0.4, 0.5) is 11.4 Å². The molecule has 0 aliphatic rings. The van der Waals surface area contributed by atoms with Crippen LogP contribution in [0.3, 0.4) is 0 Å². The van der Waals surface area contributed by atoms with E-state index in [4.69, 9.17) is 10.9 Å². The maximum Gasteiger partial charge on any atom is 0.172 e. The Morgan fingerprint density at radius 1 is 1.32 bits per heavy atom. The van der Waals surface area contributed by atoms with E-state index in [1.165, 1.54) is 0 Å². The molecule has 5 nitrogen and oxygen atoms in total. The van der Waals surface area contributed by atoms with Gasteiger partial charge < -0.3 is 15.8 Å². The summed E-state index contributed by atoms with van der Waals surface area (Å²) in [5.41, 5.74) is 9.18. The third-order valence-corrected chi connectivity index (χ3v) is 2.92. The van der Waals surface area contributed by atoms with Gasteiger partial charge in [-0.1, -0.05) is 17.3 Å². The number of para-hydroxylation sites is 1. The standard InChI is InChI=1S/C14H16N4O/c1-10-9-11(7-8-16-10)18(2)13-6-4-3-5-12(13)14(15)17-19/h3-9,19H,1-2H3,(H2,15,17). The number of nitrogens with zero attached hydrogens (tertiary/aromatic N) is 3. The highest BCUT2D eigenvalue weighted by Crippen LogP contribution is 2.26. The number of nitrogens with two attached hydrogens (primary N) is 1. The summed E-state index contributed by atoms with van der Waals surface area (Å²) < 4.78 is 0. The van der Waals surface area contributed by atoms with E-state index in [0.717, 1.165) is 17.1 Å². The van der Waals surface area contributed by atoms with E-state index in [2.05, 4.69) is 10.1 Å². The minimum Gasteiger partial charge on any atom is -0.409 e. The first-order valence-corrected chi connectivity index (χ1v) is 5.87. The molecule has 5 heteroatoms. The first-order chi connectivity index (χ1) is 9.13. The Morgan fingerprint density at radius 3 is 2.74 bits per heavy atom. The van der Waals surface area contributed by atoms with Gasteiger partial charge in [0.1, 0.15) is 0 Å². The van der Waals surface area contributed by atoms with E-state index in [-0.39, 0.29) is 5.84 Å². The molecule has 0 fully saturated rings. The van der Waals surface area contributed by atoms with Crippen LogP contribution in [0, 0.1) is 6.92 Å². The zero-order valence-corrected chi connectivity index (χ0v) is 10.9. The van der Waals surface area contributed by atoms with Gasteiger partial charge in [-0.3, -0.25) is 4.98 Å². The highest BCUT2D eigenvalue weighted by Gasteiger charge is 2.11. The van der Waals surface area contributed by atoms with Gasteiger partial charge in [0.05, 0.1) is 5.69 Å². The van der Waals surface area contributed by atoms with Gasteiger partial charge >= 0.3 is 0 Å². The van der Waals surface area contributed by atoms with E-state index in [0.29, 0.717) is 5.56 Å². The van der Waals surface area contributed by atoms with Gasteiger partial charge in [0.2, 0.25) is 0 Å². The summed E-state index contributed by atoms with van der Waals surface area (Å²) in [6.07, 6.45) is 1.76. The Labute approximate surface area is 112 Å². The molecule has 1 aromatic carbocycles. The summed E-state index contributed by atoms with van der Waals surface area (Å²) in [4.78, 5) is 6.15. The van der Waals surface area contributed by atoms with Gasteiger partial charge in [-0.15, -0.1) is 0 Å². The normalized spacial score (nSPS) is 11.4. The highest BCUT2D eigenvalue weighted by molar-refractivity contribution is 6.02. The minimum atomic E-state index is 0.0910. The second kappa shape index (κ2) is 5.39. The quantitative estimate of drug-likeness (QED) is 0.382. The second-order valence-corrected chi connectivity index (χ2v) is 4.22. The molecule has 0 saturated heterocycles. The van der Waals surface area contributed by atoms with Crippen molar-refractivity contribution in [3.63, 3.8) is 0 Å². The number of aromatic nitrogens is 1. The van der Waals surface area contributed by atoms with E-state index in [1.807, 2.05) is 55.3 Å². The van der Waals surface area contributed by atoms with Crippen LogP contribution in [-0.4, -0.2) is 23.1 Å². The van der Waals surface area contributed by atoms with E-state index < -0.39 is 0 Å². The van der Waals surface area contributed by atoms with Crippen LogP contribution >= 0.6 is 0 Å². The highest BCUT2D eigenvalue weighted by atomic mass is 16.4. The predicted octanol–water partition coefficient (Wildman–Crippen LogP) is 2.25. The molecule has 0 aliphatic carbocycles. The van der Waals surface area contributed by atoms with Crippen molar-refractivity contribution in [2.75, 3.05) is 11.9 Å². The fraction of sp³-hybridized carbons (Fsp3) is 0.143. The average Bonchev–Trinajstić information content (AvgIpc) is 2.45. The third-order valence-electron chi connectivity index (χ3n) is 2.92. The lowest BCUT2D eigenvalue weighted by atomic mass is 10.1. The molecule has 98 valence electrons. The zero-order valence-electron chi connectivity index (χ0n) is 10.9. The fourth-order valence-electron chi connectivity index (χ4n) is 1.91. The third kappa shape index (κ3) is 2.65. The van der Waals surface area contributed by atoms with Gasteiger partial charge in [0.25, 0.3) is 0 Å². The van der Waals surface area contributed by atoms with Crippen molar-refractivity contribution < 1.29 is 5.21 Å². The Morgan fingerprint density at radius 2 is 2.05 bits per heavy atom. The summed E-state index contributed by atoms with van der Waals surface area (Å²) >= 11 is 0. The number of hydrogen-bond donors (Lipinski definition) is 2. The molecular formula is C14H16N4O. The van der Waals surface area contributed by atoms with Gasteiger partial charge in [0.15, 0.2) is 5.84 Å². The number of benzene rings is 1. The molecule has 0 amide bonds. The van der Waals surface area contributed by atoms with Crippen LogP contribution in [0.2, 0.25) is 0 Å². The van der Waals surface area contributed by atoms with Crippen molar-refractivity contribution >= 4 is 17.2 Å². The first kappa shape index (κ1) is 12.9. The van der Waals surface area contributed by atoms with Crippen LogP contribution in [0.1, 0.15) is 11.3 Å². The van der Waals surface area contributed by atoms with Gasteiger partial charge in [-0.05, 0) is 31.2 Å². The Hall–Kier alpha value is -2.56. The molecule has 1 aromatic heterocycles. The number of amidine groups is 1. The van der Waals surface area contributed by atoms with E-state index in [1.54, 1.807) is 6.20 Å². The number of oxime groups is 1. The number of pyridine rings is 1. The summed E-state index contributed by atoms with van der Waals surface area (Å²) in [5, 5.41) is 11.9. The first-order valence-electron chi connectivity index (χ1n) is 5.87. The van der Waals surface area contributed by atoms with Crippen molar-refractivity contribution in [3.05, 3.63) is 53.9 Å². The molecule has 19 heavy (non-hydrogen) atoms. The monoisotopic (exact) mass is 256 g/mol. The summed E-state index contributed by atoms with van der Waals surface area (Å²) in [7, 11) is 1.93. The summed E-state index contributed by atoms with van der Waals surface area (Å²) in [6, 6.07) is 11.4. The molecule has 0 atom stereocenters. The summed E-state index contributed by atoms with van der Waals surface area (Å²) in [5.74, 6) is 0.0910. The van der Waals surface area contributed by atoms with Gasteiger partial charge in [-0.2, -0.15) is 0 Å². The van der Waals surface area contributed by atoms with Gasteiger partial charge in [0, 0.05) is 30.2 Å². The molecule has 2 aromatic rings. The molecule has 2 rings (SSSR count). The molecule has 0 bridgehead atoms. The van der Waals surface area contributed by atoms with Crippen LogP contribution in [0.25, 0.3) is 0 Å². The number of anilines is 2. The lowest BCUT2D eigenvalue weighted by Crippen LogP contribution is -2.19. The predicted molar refractivity (Wildman–Crippen MR) is 76.0 cm³/mol. The molecule has 3 N–H and O–H groups in total. The fourth-order valence-corrected chi connectivity index (χ4v) is 1.91. The second-order valence-electron chi connectivity index (χ2n) is 4.22. The number of rotatable bonds is 3. The van der Waals surface area contributed by atoms with Crippen LogP contribution in [-0.2, 0) is 0 Å². The molecule has 0 spiro atoms. The van der Waals surface area contributed by atoms with Gasteiger partial charge in [-0.25, -0.2) is 0 Å². The Kier molecular flexibility index (Phi) is 3.66. The van der Waals surface area contributed by atoms with Crippen molar-refractivity contribution in [1.82, 2.24) is 4.98 Å². The smallest absolute Gasteiger partial charge is 0.172 e. The number of hydrogen-bond acceptors (Lipinski definition) is 4. The lowest BCUT2D eigenvalue weighted by Gasteiger charge is -2.22. The average molecular weight is 256 g/mol. The zero-order chi connectivity index (χ0) is 13.8. The molecular weight excluding hydrogens is 240 g/mol. The Balaban J connectivity index is 2.47. The molecule has 0 unspecified atom stereocenters. The molecule has 0 saturated carbocycles.